The molecule has 9 heteroatoms. The molecule has 1 saturated carbocycles. The third-order valence-electron chi connectivity index (χ3n) is 4.53. The zero-order valence-corrected chi connectivity index (χ0v) is 15.3. The van der Waals surface area contributed by atoms with Gasteiger partial charge in [0.15, 0.2) is 0 Å². The SMILES string of the molecule is Cc1cc(Br)c(=O)n2c1C(=O)NC21CCC(NS(C)(=O)=O)CC1. The van der Waals surface area contributed by atoms with Crippen LogP contribution in [0.3, 0.4) is 0 Å². The first-order valence-electron chi connectivity index (χ1n) is 7.35. The second-order valence-electron chi connectivity index (χ2n) is 6.31. The van der Waals surface area contributed by atoms with E-state index in [0.29, 0.717) is 35.8 Å². The highest BCUT2D eigenvalue weighted by Gasteiger charge is 2.46. The first-order chi connectivity index (χ1) is 10.6. The van der Waals surface area contributed by atoms with E-state index in [1.165, 1.54) is 0 Å². The molecule has 126 valence electrons. The number of hydrogen-bond donors (Lipinski definition) is 2. The van der Waals surface area contributed by atoms with Crippen LogP contribution in [0.1, 0.15) is 41.7 Å². The average Bonchev–Trinajstić information content (AvgIpc) is 2.71. The number of halogens is 1. The number of rotatable bonds is 2. The molecule has 1 spiro atoms. The fourth-order valence-electron chi connectivity index (χ4n) is 3.58. The summed E-state index contributed by atoms with van der Waals surface area (Å²) in [6.45, 7) is 1.80. The Hall–Kier alpha value is -1.19. The Morgan fingerprint density at radius 1 is 1.35 bits per heavy atom. The van der Waals surface area contributed by atoms with Crippen LogP contribution in [0.15, 0.2) is 15.3 Å². The average molecular weight is 404 g/mol. The smallest absolute Gasteiger partial charge is 0.270 e. The summed E-state index contributed by atoms with van der Waals surface area (Å²) >= 11 is 3.26. The Morgan fingerprint density at radius 3 is 2.52 bits per heavy atom. The van der Waals surface area contributed by atoms with E-state index in [9.17, 15) is 18.0 Å². The van der Waals surface area contributed by atoms with E-state index in [1.54, 1.807) is 17.6 Å². The fourth-order valence-corrected chi connectivity index (χ4v) is 4.95. The molecule has 23 heavy (non-hydrogen) atoms. The number of aromatic nitrogens is 1. The van der Waals surface area contributed by atoms with Gasteiger partial charge in [0.05, 0.1) is 10.7 Å². The van der Waals surface area contributed by atoms with Crippen LogP contribution in [0.25, 0.3) is 0 Å². The highest BCUT2D eigenvalue weighted by molar-refractivity contribution is 9.10. The molecule has 0 saturated heterocycles. The van der Waals surface area contributed by atoms with E-state index < -0.39 is 15.7 Å². The molecule has 1 fully saturated rings. The highest BCUT2D eigenvalue weighted by Crippen LogP contribution is 2.37. The second kappa shape index (κ2) is 5.42. The van der Waals surface area contributed by atoms with Crippen molar-refractivity contribution in [1.29, 1.82) is 0 Å². The number of hydrogen-bond acceptors (Lipinski definition) is 4. The maximum atomic E-state index is 12.6. The zero-order valence-electron chi connectivity index (χ0n) is 12.8. The molecule has 0 unspecified atom stereocenters. The molecule has 1 aromatic rings. The van der Waals surface area contributed by atoms with Crippen molar-refractivity contribution >= 4 is 31.9 Å². The van der Waals surface area contributed by atoms with Crippen molar-refractivity contribution in [2.75, 3.05) is 6.26 Å². The molecule has 2 N–H and O–H groups in total. The maximum absolute atomic E-state index is 12.6. The van der Waals surface area contributed by atoms with E-state index in [0.717, 1.165) is 11.8 Å². The van der Waals surface area contributed by atoms with Crippen molar-refractivity contribution in [3.63, 3.8) is 0 Å². The summed E-state index contributed by atoms with van der Waals surface area (Å²) < 4.78 is 27.3. The molecule has 0 atom stereocenters. The minimum atomic E-state index is -3.27. The molecule has 1 aromatic heterocycles. The molecule has 2 heterocycles. The summed E-state index contributed by atoms with van der Waals surface area (Å²) in [5.41, 5.74) is 0.140. The van der Waals surface area contributed by atoms with E-state index in [1.807, 2.05) is 0 Å². The molecule has 1 amide bonds. The number of fused-ring (bicyclic) bond motifs is 2. The van der Waals surface area contributed by atoms with E-state index >= 15 is 0 Å². The van der Waals surface area contributed by atoms with Gasteiger partial charge in [-0.05, 0) is 60.2 Å². The van der Waals surface area contributed by atoms with Crippen LogP contribution in [0.2, 0.25) is 0 Å². The molecule has 1 aliphatic carbocycles. The lowest BCUT2D eigenvalue weighted by molar-refractivity contribution is 0.0862. The van der Waals surface area contributed by atoms with Crippen molar-refractivity contribution in [3.05, 3.63) is 32.2 Å². The Kier molecular flexibility index (Phi) is 3.93. The first-order valence-corrected chi connectivity index (χ1v) is 10.0. The van der Waals surface area contributed by atoms with Crippen LogP contribution in [-0.4, -0.2) is 31.2 Å². The summed E-state index contributed by atoms with van der Waals surface area (Å²) in [5.74, 6) is -0.248. The topological polar surface area (TPSA) is 97.3 Å². The molecule has 0 radical (unpaired) electrons. The van der Waals surface area contributed by atoms with Gasteiger partial charge in [0, 0.05) is 6.04 Å². The van der Waals surface area contributed by atoms with Crippen LogP contribution in [0.4, 0.5) is 0 Å². The van der Waals surface area contributed by atoms with Gasteiger partial charge in [0.2, 0.25) is 10.0 Å². The predicted molar refractivity (Wildman–Crippen MR) is 88.8 cm³/mol. The lowest BCUT2D eigenvalue weighted by Gasteiger charge is -2.38. The number of sulfonamides is 1. The lowest BCUT2D eigenvalue weighted by atomic mass is 9.86. The van der Waals surface area contributed by atoms with Crippen LogP contribution in [0.5, 0.6) is 0 Å². The van der Waals surface area contributed by atoms with Gasteiger partial charge >= 0.3 is 0 Å². The molecule has 1 aliphatic heterocycles. The molecule has 2 aliphatic rings. The van der Waals surface area contributed by atoms with Gasteiger partial charge in [0.1, 0.15) is 11.4 Å². The van der Waals surface area contributed by atoms with Gasteiger partial charge in [0.25, 0.3) is 11.5 Å². The van der Waals surface area contributed by atoms with Crippen molar-refractivity contribution in [2.45, 2.75) is 44.3 Å². The number of nitrogens with zero attached hydrogens (tertiary/aromatic N) is 1. The van der Waals surface area contributed by atoms with Crippen LogP contribution in [0, 0.1) is 6.92 Å². The van der Waals surface area contributed by atoms with Crippen LogP contribution < -0.4 is 15.6 Å². The Morgan fingerprint density at radius 2 is 1.96 bits per heavy atom. The fraction of sp³-hybridized carbons (Fsp3) is 0.571. The van der Waals surface area contributed by atoms with Crippen LogP contribution >= 0.6 is 15.9 Å². The predicted octanol–water partition coefficient (Wildman–Crippen LogP) is 0.807. The summed E-state index contributed by atoms with van der Waals surface area (Å²) in [4.78, 5) is 24.9. The summed E-state index contributed by atoms with van der Waals surface area (Å²) in [5, 5.41) is 2.95. The van der Waals surface area contributed by atoms with Gasteiger partial charge < -0.3 is 5.32 Å². The number of nitrogens with one attached hydrogen (secondary N) is 2. The number of carbonyl (C=O) groups excluding carboxylic acids is 1. The van der Waals surface area contributed by atoms with Crippen molar-refractivity contribution < 1.29 is 13.2 Å². The van der Waals surface area contributed by atoms with E-state index in [-0.39, 0.29) is 17.5 Å². The zero-order chi connectivity index (χ0) is 17.0. The van der Waals surface area contributed by atoms with Gasteiger partial charge in [-0.2, -0.15) is 0 Å². The standard InChI is InChI=1S/C14H18BrN3O4S/c1-8-7-10(15)13(20)18-11(8)12(19)16-14(18)5-3-9(4-6-14)17-23(2,21)22/h7,9,17H,3-6H2,1-2H3,(H,16,19). The number of aryl methyl sites for hydroxylation is 1. The second-order valence-corrected chi connectivity index (χ2v) is 8.95. The summed E-state index contributed by atoms with van der Waals surface area (Å²) in [6, 6.07) is 1.49. The monoisotopic (exact) mass is 403 g/mol. The van der Waals surface area contributed by atoms with Gasteiger partial charge in [-0.15, -0.1) is 0 Å². The maximum Gasteiger partial charge on any atom is 0.270 e. The van der Waals surface area contributed by atoms with E-state index in [2.05, 4.69) is 26.0 Å². The molecular formula is C14H18BrN3O4S. The Labute approximate surface area is 142 Å². The molecular weight excluding hydrogens is 386 g/mol. The van der Waals surface area contributed by atoms with Crippen LogP contribution in [-0.2, 0) is 15.7 Å². The number of pyridine rings is 1. The number of amides is 1. The number of carbonyl (C=O) groups is 1. The lowest BCUT2D eigenvalue weighted by Crippen LogP contribution is -2.52. The van der Waals surface area contributed by atoms with Gasteiger partial charge in [-0.1, -0.05) is 0 Å². The molecule has 3 rings (SSSR count). The first kappa shape index (κ1) is 16.7. The molecule has 0 bridgehead atoms. The summed E-state index contributed by atoms with van der Waals surface area (Å²) in [7, 11) is -3.27. The van der Waals surface area contributed by atoms with Crippen molar-refractivity contribution in [2.24, 2.45) is 0 Å². The van der Waals surface area contributed by atoms with Crippen molar-refractivity contribution in [3.8, 4) is 0 Å². The third-order valence-corrected chi connectivity index (χ3v) is 5.86. The van der Waals surface area contributed by atoms with Gasteiger partial charge in [-0.3, -0.25) is 14.2 Å². The molecule has 0 aromatic carbocycles. The van der Waals surface area contributed by atoms with E-state index in [4.69, 9.17) is 0 Å². The Balaban J connectivity index is 1.97. The Bertz CT molecular complexity index is 838. The largest absolute Gasteiger partial charge is 0.327 e. The highest BCUT2D eigenvalue weighted by atomic mass is 79.9. The minimum Gasteiger partial charge on any atom is -0.327 e. The van der Waals surface area contributed by atoms with Crippen molar-refractivity contribution in [1.82, 2.24) is 14.6 Å². The normalized spacial score (nSPS) is 27.1. The van der Waals surface area contributed by atoms with Gasteiger partial charge in [-0.25, -0.2) is 13.1 Å². The minimum absolute atomic E-state index is 0.166. The quantitative estimate of drug-likeness (QED) is 0.763. The summed E-state index contributed by atoms with van der Waals surface area (Å²) in [6.07, 6.45) is 3.27. The third kappa shape index (κ3) is 2.85. The molecule has 7 nitrogen and oxygen atoms in total.